The van der Waals surface area contributed by atoms with Crippen molar-refractivity contribution in [1.29, 1.82) is 0 Å². The molecule has 0 bridgehead atoms. The third-order valence-electron chi connectivity index (χ3n) is 2.72. The Morgan fingerprint density at radius 1 is 1.28 bits per heavy atom. The topological polar surface area (TPSA) is 30.0 Å². The Bertz CT molecular complexity index is 602. The first-order valence-corrected chi connectivity index (χ1v) is 6.21. The fraction of sp³-hybridized carbons (Fsp3) is 0.143. The summed E-state index contributed by atoms with van der Waals surface area (Å²) in [6.07, 6.45) is 2.46. The summed E-state index contributed by atoms with van der Waals surface area (Å²) < 4.78 is 14.5. The molecule has 1 heterocycles. The maximum Gasteiger partial charge on any atom is 0.196 e. The number of hydrogen-bond donors (Lipinski definition) is 0. The molecule has 0 amide bonds. The number of ketones is 1. The van der Waals surface area contributed by atoms with Gasteiger partial charge < -0.3 is 0 Å². The van der Waals surface area contributed by atoms with Gasteiger partial charge in [-0.25, -0.2) is 4.39 Å². The number of carbonyl (C=O) groups excluding carboxylic acids is 1. The van der Waals surface area contributed by atoms with E-state index in [9.17, 15) is 9.18 Å². The molecule has 0 saturated heterocycles. The van der Waals surface area contributed by atoms with Crippen LogP contribution in [0.1, 0.15) is 27.0 Å². The summed E-state index contributed by atoms with van der Waals surface area (Å²) in [6, 6.07) is 4.89. The number of carbonyl (C=O) groups is 1. The van der Waals surface area contributed by atoms with E-state index in [1.807, 2.05) is 13.8 Å². The van der Waals surface area contributed by atoms with Crippen molar-refractivity contribution in [3.8, 4) is 0 Å². The van der Waals surface area contributed by atoms with Crippen molar-refractivity contribution in [3.05, 3.63) is 63.1 Å². The van der Waals surface area contributed by atoms with Crippen LogP contribution in [0.3, 0.4) is 0 Å². The van der Waals surface area contributed by atoms with Crippen molar-refractivity contribution in [2.24, 2.45) is 0 Å². The number of rotatable bonds is 2. The Labute approximate surface area is 113 Å². The lowest BCUT2D eigenvalue weighted by Crippen LogP contribution is -2.05. The van der Waals surface area contributed by atoms with Crippen LogP contribution in [0.5, 0.6) is 0 Å². The van der Waals surface area contributed by atoms with Crippen molar-refractivity contribution in [1.82, 2.24) is 4.98 Å². The Morgan fingerprint density at radius 3 is 2.44 bits per heavy atom. The third-order valence-corrected chi connectivity index (χ3v) is 3.97. The van der Waals surface area contributed by atoms with Crippen LogP contribution in [-0.4, -0.2) is 10.8 Å². The highest BCUT2D eigenvalue weighted by molar-refractivity contribution is 9.10. The molecule has 1 aromatic heterocycles. The van der Waals surface area contributed by atoms with Gasteiger partial charge in [0.15, 0.2) is 11.6 Å². The molecular weight excluding hydrogens is 297 g/mol. The molecule has 0 saturated carbocycles. The molecule has 0 unspecified atom stereocenters. The summed E-state index contributed by atoms with van der Waals surface area (Å²) in [4.78, 5) is 15.8. The van der Waals surface area contributed by atoms with E-state index in [-0.39, 0.29) is 11.3 Å². The van der Waals surface area contributed by atoms with E-state index in [1.165, 1.54) is 12.3 Å². The Balaban J connectivity index is 2.51. The maximum atomic E-state index is 13.5. The third kappa shape index (κ3) is 2.34. The van der Waals surface area contributed by atoms with E-state index in [0.29, 0.717) is 5.56 Å². The zero-order valence-electron chi connectivity index (χ0n) is 10.00. The first-order chi connectivity index (χ1) is 8.50. The molecule has 92 valence electrons. The molecule has 0 radical (unpaired) electrons. The van der Waals surface area contributed by atoms with Gasteiger partial charge in [0.25, 0.3) is 0 Å². The van der Waals surface area contributed by atoms with Crippen LogP contribution in [0, 0.1) is 19.7 Å². The zero-order chi connectivity index (χ0) is 13.3. The molecule has 0 aliphatic heterocycles. The predicted molar refractivity (Wildman–Crippen MR) is 71.2 cm³/mol. The van der Waals surface area contributed by atoms with Crippen LogP contribution in [0.4, 0.5) is 4.39 Å². The van der Waals surface area contributed by atoms with Gasteiger partial charge in [0.05, 0.1) is 11.8 Å². The van der Waals surface area contributed by atoms with Crippen LogP contribution < -0.4 is 0 Å². The summed E-state index contributed by atoms with van der Waals surface area (Å²) in [5.74, 6) is -0.922. The van der Waals surface area contributed by atoms with Gasteiger partial charge in [0, 0.05) is 16.2 Å². The van der Waals surface area contributed by atoms with Crippen LogP contribution in [0.25, 0.3) is 0 Å². The molecule has 18 heavy (non-hydrogen) atoms. The lowest BCUT2D eigenvalue weighted by molar-refractivity contribution is 0.103. The second-order valence-corrected chi connectivity index (χ2v) is 4.90. The van der Waals surface area contributed by atoms with Gasteiger partial charge in [-0.3, -0.25) is 9.78 Å². The van der Waals surface area contributed by atoms with Crippen molar-refractivity contribution in [3.63, 3.8) is 0 Å². The van der Waals surface area contributed by atoms with Gasteiger partial charge in [0.1, 0.15) is 0 Å². The largest absolute Gasteiger partial charge is 0.288 e. The molecule has 1 aromatic carbocycles. The number of aryl methyl sites for hydroxylation is 2. The van der Waals surface area contributed by atoms with Crippen LogP contribution in [0.15, 0.2) is 35.1 Å². The molecule has 2 aromatic rings. The fourth-order valence-corrected chi connectivity index (χ4v) is 2.02. The minimum Gasteiger partial charge on any atom is -0.288 e. The maximum absolute atomic E-state index is 13.5. The number of pyridine rings is 1. The number of aromatic nitrogens is 1. The van der Waals surface area contributed by atoms with E-state index in [1.54, 1.807) is 12.1 Å². The van der Waals surface area contributed by atoms with Crippen molar-refractivity contribution >= 4 is 21.7 Å². The average molecular weight is 308 g/mol. The quantitative estimate of drug-likeness (QED) is 0.789. The van der Waals surface area contributed by atoms with Crippen LogP contribution in [-0.2, 0) is 0 Å². The SMILES string of the molecule is Cc1cc(C(=O)c2ccncc2F)cc(C)c1Br. The summed E-state index contributed by atoms with van der Waals surface area (Å²) in [5, 5.41) is 0. The standard InChI is InChI=1S/C14H11BrFNO/c1-8-5-10(6-9(2)13(8)15)14(18)11-3-4-17-7-12(11)16/h3-7H,1-2H3. The molecule has 2 nitrogen and oxygen atoms in total. The lowest BCUT2D eigenvalue weighted by atomic mass is 10.00. The number of halogens is 2. The van der Waals surface area contributed by atoms with Crippen molar-refractivity contribution < 1.29 is 9.18 Å². The molecule has 4 heteroatoms. The van der Waals surface area contributed by atoms with Gasteiger partial charge in [0.2, 0.25) is 0 Å². The minimum atomic E-state index is -0.597. The first-order valence-electron chi connectivity index (χ1n) is 5.41. The average Bonchev–Trinajstić information content (AvgIpc) is 2.35. The minimum absolute atomic E-state index is 0.0473. The number of hydrogen-bond acceptors (Lipinski definition) is 2. The predicted octanol–water partition coefficient (Wildman–Crippen LogP) is 3.83. The fourth-order valence-electron chi connectivity index (χ4n) is 1.79. The van der Waals surface area contributed by atoms with E-state index in [4.69, 9.17) is 0 Å². The molecular formula is C14H11BrFNO. The van der Waals surface area contributed by atoms with Crippen LogP contribution >= 0.6 is 15.9 Å². The van der Waals surface area contributed by atoms with Gasteiger partial charge in [-0.05, 0) is 43.2 Å². The summed E-state index contributed by atoms with van der Waals surface area (Å²) >= 11 is 3.44. The monoisotopic (exact) mass is 307 g/mol. The highest BCUT2D eigenvalue weighted by Crippen LogP contribution is 2.24. The molecule has 0 fully saturated rings. The number of benzene rings is 1. The van der Waals surface area contributed by atoms with E-state index in [0.717, 1.165) is 21.8 Å². The van der Waals surface area contributed by atoms with Crippen molar-refractivity contribution in [2.75, 3.05) is 0 Å². The molecule has 0 atom stereocenters. The van der Waals surface area contributed by atoms with E-state index in [2.05, 4.69) is 20.9 Å². The highest BCUT2D eigenvalue weighted by atomic mass is 79.9. The normalized spacial score (nSPS) is 10.4. The number of nitrogens with zero attached hydrogens (tertiary/aromatic N) is 1. The van der Waals surface area contributed by atoms with Crippen LogP contribution in [0.2, 0.25) is 0 Å². The first kappa shape index (κ1) is 12.9. The van der Waals surface area contributed by atoms with Gasteiger partial charge in [-0.1, -0.05) is 15.9 Å². The molecule has 2 rings (SSSR count). The Kier molecular flexibility index (Phi) is 3.57. The zero-order valence-corrected chi connectivity index (χ0v) is 11.6. The summed E-state index contributed by atoms with van der Waals surface area (Å²) in [5.41, 5.74) is 2.44. The van der Waals surface area contributed by atoms with Crippen molar-refractivity contribution in [2.45, 2.75) is 13.8 Å². The van der Waals surface area contributed by atoms with Gasteiger partial charge in [-0.2, -0.15) is 0 Å². The second kappa shape index (κ2) is 4.98. The second-order valence-electron chi connectivity index (χ2n) is 4.11. The molecule has 0 N–H and O–H groups in total. The molecule has 0 aliphatic rings. The Morgan fingerprint density at radius 2 is 1.89 bits per heavy atom. The lowest BCUT2D eigenvalue weighted by Gasteiger charge is -2.07. The van der Waals surface area contributed by atoms with E-state index >= 15 is 0 Å². The summed E-state index contributed by atoms with van der Waals surface area (Å²) in [7, 11) is 0. The highest BCUT2D eigenvalue weighted by Gasteiger charge is 2.15. The van der Waals surface area contributed by atoms with E-state index < -0.39 is 5.82 Å². The Hall–Kier alpha value is -1.55. The van der Waals surface area contributed by atoms with Gasteiger partial charge >= 0.3 is 0 Å². The molecule has 0 aliphatic carbocycles. The smallest absolute Gasteiger partial charge is 0.196 e. The molecule has 0 spiro atoms. The summed E-state index contributed by atoms with van der Waals surface area (Å²) in [6.45, 7) is 3.80. The van der Waals surface area contributed by atoms with Gasteiger partial charge in [-0.15, -0.1) is 0 Å².